The first-order valence-electron chi connectivity index (χ1n) is 7.01. The number of nitrogens with zero attached hydrogens (tertiary/aromatic N) is 3. The first-order valence-corrected chi connectivity index (χ1v) is 7.01. The van der Waals surface area contributed by atoms with E-state index in [9.17, 15) is 14.4 Å². The summed E-state index contributed by atoms with van der Waals surface area (Å²) in [7, 11) is 0. The molecule has 2 aromatic rings. The Morgan fingerprint density at radius 1 is 1.41 bits per heavy atom. The number of aryl methyl sites for hydroxylation is 1. The maximum Gasteiger partial charge on any atom is 0.326 e. The topological polar surface area (TPSA) is 92.0 Å². The lowest BCUT2D eigenvalue weighted by Gasteiger charge is -2.21. The highest BCUT2D eigenvalue weighted by Crippen LogP contribution is 2.19. The predicted molar refractivity (Wildman–Crippen MR) is 77.9 cm³/mol. The number of aliphatic carboxylic acids is 1. The van der Waals surface area contributed by atoms with E-state index in [1.807, 2.05) is 6.92 Å². The van der Waals surface area contributed by atoms with Gasteiger partial charge in [-0.2, -0.15) is 0 Å². The van der Waals surface area contributed by atoms with Gasteiger partial charge in [0.15, 0.2) is 0 Å². The number of hydrogen-bond acceptors (Lipinski definition) is 4. The number of amides is 1. The maximum atomic E-state index is 12.5. The Hall–Kier alpha value is -2.70. The molecular formula is C15H15N3O4. The monoisotopic (exact) mass is 301 g/mol. The summed E-state index contributed by atoms with van der Waals surface area (Å²) in [5.74, 6) is -1.62. The Morgan fingerprint density at radius 3 is 2.91 bits per heavy atom. The molecule has 0 radical (unpaired) electrons. The van der Waals surface area contributed by atoms with Crippen LogP contribution < -0.4 is 5.56 Å². The molecule has 7 heteroatoms. The molecule has 1 amide bonds. The van der Waals surface area contributed by atoms with Crippen molar-refractivity contribution >= 4 is 17.5 Å². The van der Waals surface area contributed by atoms with E-state index in [-0.39, 0.29) is 5.56 Å². The number of carboxylic acids is 1. The smallest absolute Gasteiger partial charge is 0.326 e. The van der Waals surface area contributed by atoms with Crippen LogP contribution in [-0.2, 0) is 4.79 Å². The number of hydrogen-bond donors (Lipinski definition) is 1. The van der Waals surface area contributed by atoms with Crippen molar-refractivity contribution in [2.24, 2.45) is 0 Å². The van der Waals surface area contributed by atoms with Crippen molar-refractivity contribution in [3.05, 3.63) is 46.0 Å². The van der Waals surface area contributed by atoms with Crippen molar-refractivity contribution in [3.63, 3.8) is 0 Å². The first-order chi connectivity index (χ1) is 10.5. The molecule has 3 rings (SSSR count). The van der Waals surface area contributed by atoms with Crippen molar-refractivity contribution in [2.45, 2.75) is 25.8 Å². The van der Waals surface area contributed by atoms with Gasteiger partial charge in [-0.1, -0.05) is 0 Å². The van der Waals surface area contributed by atoms with Crippen molar-refractivity contribution in [2.75, 3.05) is 6.54 Å². The van der Waals surface area contributed by atoms with Crippen LogP contribution in [-0.4, -0.2) is 43.9 Å². The molecule has 0 aliphatic carbocycles. The normalized spacial score (nSPS) is 17.9. The van der Waals surface area contributed by atoms with Gasteiger partial charge in [0.25, 0.3) is 11.5 Å². The second-order valence-electron chi connectivity index (χ2n) is 5.40. The standard InChI is InChI=1S/C15H15N3O4/c1-9-4-6-18-12(7-9)16-8-10(14(18)20)13(19)17-5-2-3-11(17)15(21)22/h4,6-8,11H,2-3,5H2,1H3,(H,21,22)/t11-/m0/s1. The molecule has 0 spiro atoms. The average molecular weight is 301 g/mol. The molecule has 0 bridgehead atoms. The molecule has 7 nitrogen and oxygen atoms in total. The summed E-state index contributed by atoms with van der Waals surface area (Å²) in [5, 5.41) is 9.16. The van der Waals surface area contributed by atoms with Gasteiger partial charge in [-0.15, -0.1) is 0 Å². The third-order valence-corrected chi connectivity index (χ3v) is 3.89. The summed E-state index contributed by atoms with van der Waals surface area (Å²) < 4.78 is 1.30. The van der Waals surface area contributed by atoms with E-state index in [0.717, 1.165) is 5.56 Å². The van der Waals surface area contributed by atoms with Crippen LogP contribution in [0.25, 0.3) is 5.65 Å². The van der Waals surface area contributed by atoms with Gasteiger partial charge in [-0.25, -0.2) is 9.78 Å². The summed E-state index contributed by atoms with van der Waals surface area (Å²) in [6.07, 6.45) is 3.82. The largest absolute Gasteiger partial charge is 0.480 e. The van der Waals surface area contributed by atoms with E-state index in [2.05, 4.69) is 4.98 Å². The van der Waals surface area contributed by atoms with Crippen LogP contribution in [0.15, 0.2) is 29.3 Å². The Kier molecular flexibility index (Phi) is 3.40. The number of carbonyl (C=O) groups is 2. The van der Waals surface area contributed by atoms with E-state index < -0.39 is 23.5 Å². The molecule has 1 aliphatic heterocycles. The van der Waals surface area contributed by atoms with E-state index in [1.54, 1.807) is 18.3 Å². The van der Waals surface area contributed by atoms with Gasteiger partial charge in [0.05, 0.1) is 0 Å². The lowest BCUT2D eigenvalue weighted by molar-refractivity contribution is -0.141. The van der Waals surface area contributed by atoms with Crippen LogP contribution in [0.2, 0.25) is 0 Å². The number of rotatable bonds is 2. The lowest BCUT2D eigenvalue weighted by Crippen LogP contribution is -2.42. The Balaban J connectivity index is 2.05. The van der Waals surface area contributed by atoms with Crippen molar-refractivity contribution in [3.8, 4) is 0 Å². The fraction of sp³-hybridized carbons (Fsp3) is 0.333. The Morgan fingerprint density at radius 2 is 2.18 bits per heavy atom. The summed E-state index contributed by atoms with van der Waals surface area (Å²) in [6, 6.07) is 2.62. The van der Waals surface area contributed by atoms with Crippen LogP contribution in [0.1, 0.15) is 28.8 Å². The van der Waals surface area contributed by atoms with Crippen LogP contribution in [0.3, 0.4) is 0 Å². The minimum atomic E-state index is -1.05. The number of fused-ring (bicyclic) bond motifs is 1. The molecule has 3 heterocycles. The van der Waals surface area contributed by atoms with Gasteiger partial charge in [-0.05, 0) is 37.5 Å². The zero-order valence-corrected chi connectivity index (χ0v) is 12.0. The van der Waals surface area contributed by atoms with E-state index >= 15 is 0 Å². The molecule has 1 fully saturated rings. The average Bonchev–Trinajstić information content (AvgIpc) is 2.96. The third-order valence-electron chi connectivity index (χ3n) is 3.89. The van der Waals surface area contributed by atoms with Crippen LogP contribution in [0, 0.1) is 6.92 Å². The van der Waals surface area contributed by atoms with Gasteiger partial charge in [0, 0.05) is 18.9 Å². The number of pyridine rings is 1. The van der Waals surface area contributed by atoms with E-state index in [1.165, 1.54) is 15.5 Å². The molecular weight excluding hydrogens is 286 g/mol. The zero-order chi connectivity index (χ0) is 15.9. The van der Waals surface area contributed by atoms with E-state index in [4.69, 9.17) is 5.11 Å². The lowest BCUT2D eigenvalue weighted by atomic mass is 10.2. The van der Waals surface area contributed by atoms with Gasteiger partial charge < -0.3 is 10.0 Å². The van der Waals surface area contributed by atoms with Gasteiger partial charge in [0.2, 0.25) is 0 Å². The summed E-state index contributed by atoms with van der Waals surface area (Å²) >= 11 is 0. The third kappa shape index (κ3) is 2.24. The molecule has 0 unspecified atom stereocenters. The zero-order valence-electron chi connectivity index (χ0n) is 12.0. The van der Waals surface area contributed by atoms with Crippen molar-refractivity contribution < 1.29 is 14.7 Å². The number of aromatic nitrogens is 2. The second kappa shape index (κ2) is 5.25. The van der Waals surface area contributed by atoms with Crippen molar-refractivity contribution in [1.29, 1.82) is 0 Å². The summed E-state index contributed by atoms with van der Waals surface area (Å²) in [4.78, 5) is 41.5. The molecule has 1 saturated heterocycles. The van der Waals surface area contributed by atoms with Crippen molar-refractivity contribution in [1.82, 2.24) is 14.3 Å². The van der Waals surface area contributed by atoms with Crippen LogP contribution in [0.4, 0.5) is 0 Å². The van der Waals surface area contributed by atoms with Gasteiger partial charge >= 0.3 is 5.97 Å². The molecule has 1 aliphatic rings. The molecule has 2 aromatic heterocycles. The highest BCUT2D eigenvalue weighted by atomic mass is 16.4. The number of carbonyl (C=O) groups excluding carboxylic acids is 1. The highest BCUT2D eigenvalue weighted by molar-refractivity contribution is 5.96. The Bertz CT molecular complexity index is 827. The second-order valence-corrected chi connectivity index (χ2v) is 5.40. The van der Waals surface area contributed by atoms with E-state index in [0.29, 0.717) is 25.0 Å². The Labute approximate surface area is 125 Å². The van der Waals surface area contributed by atoms with Crippen LogP contribution in [0.5, 0.6) is 0 Å². The minimum Gasteiger partial charge on any atom is -0.480 e. The molecule has 0 saturated carbocycles. The highest BCUT2D eigenvalue weighted by Gasteiger charge is 2.35. The SMILES string of the molecule is Cc1ccn2c(=O)c(C(=O)N3CCC[C@H]3C(=O)O)cnc2c1. The van der Waals surface area contributed by atoms with Crippen LogP contribution >= 0.6 is 0 Å². The summed E-state index contributed by atoms with van der Waals surface area (Å²) in [6.45, 7) is 2.22. The number of carboxylic acid groups (broad SMARTS) is 1. The molecule has 114 valence electrons. The number of likely N-dealkylation sites (tertiary alicyclic amines) is 1. The molecule has 0 aromatic carbocycles. The van der Waals surface area contributed by atoms with Gasteiger partial charge in [0.1, 0.15) is 17.3 Å². The fourth-order valence-electron chi connectivity index (χ4n) is 2.74. The minimum absolute atomic E-state index is 0.102. The predicted octanol–water partition coefficient (Wildman–Crippen LogP) is 0.692. The molecule has 1 N–H and O–H groups in total. The molecule has 1 atom stereocenters. The molecule has 22 heavy (non-hydrogen) atoms. The summed E-state index contributed by atoms with van der Waals surface area (Å²) in [5.41, 5.74) is 0.828. The fourth-order valence-corrected chi connectivity index (χ4v) is 2.74. The quantitative estimate of drug-likeness (QED) is 0.881. The maximum absolute atomic E-state index is 12.5. The van der Waals surface area contributed by atoms with Gasteiger partial charge in [-0.3, -0.25) is 14.0 Å². The first kappa shape index (κ1) is 14.2.